The van der Waals surface area contributed by atoms with Gasteiger partial charge in [0.2, 0.25) is 0 Å². The van der Waals surface area contributed by atoms with Crippen LogP contribution in [0.1, 0.15) is 50.5 Å². The molecule has 3 nitrogen and oxygen atoms in total. The van der Waals surface area contributed by atoms with Crippen LogP contribution < -0.4 is 5.32 Å². The summed E-state index contributed by atoms with van der Waals surface area (Å²) >= 11 is 0. The van der Waals surface area contributed by atoms with Crippen molar-refractivity contribution >= 4 is 5.69 Å². The van der Waals surface area contributed by atoms with E-state index < -0.39 is 0 Å². The van der Waals surface area contributed by atoms with Crippen molar-refractivity contribution in [2.75, 3.05) is 5.32 Å². The lowest BCUT2D eigenvalue weighted by molar-refractivity contribution is 0.716. The normalized spacial score (nSPS) is 12.3. The van der Waals surface area contributed by atoms with Gasteiger partial charge in [-0.15, -0.1) is 0 Å². The van der Waals surface area contributed by atoms with Crippen molar-refractivity contribution in [1.82, 2.24) is 9.55 Å². The first-order valence-electron chi connectivity index (χ1n) is 7.53. The average Bonchev–Trinajstić information content (AvgIpc) is 2.87. The van der Waals surface area contributed by atoms with Crippen LogP contribution in [0.2, 0.25) is 0 Å². The van der Waals surface area contributed by atoms with Crippen LogP contribution in [-0.2, 0) is 13.5 Å². The highest BCUT2D eigenvalue weighted by molar-refractivity contribution is 5.45. The number of nitrogens with one attached hydrogen (secondary N) is 1. The highest BCUT2D eigenvalue weighted by Gasteiger charge is 2.09. The Morgan fingerprint density at radius 3 is 2.55 bits per heavy atom. The lowest BCUT2D eigenvalue weighted by Gasteiger charge is -2.15. The van der Waals surface area contributed by atoms with Crippen molar-refractivity contribution in [3.8, 4) is 0 Å². The van der Waals surface area contributed by atoms with E-state index in [4.69, 9.17) is 0 Å². The zero-order valence-electron chi connectivity index (χ0n) is 12.8. The fourth-order valence-corrected chi connectivity index (χ4v) is 2.46. The van der Waals surface area contributed by atoms with Crippen molar-refractivity contribution < 1.29 is 0 Å². The number of anilines is 1. The summed E-state index contributed by atoms with van der Waals surface area (Å²) in [6, 6.07) is 8.99. The minimum atomic E-state index is 0.209. The monoisotopic (exact) mass is 271 g/mol. The maximum absolute atomic E-state index is 4.38. The minimum Gasteiger partial charge on any atom is -0.375 e. The van der Waals surface area contributed by atoms with Gasteiger partial charge in [-0.05, 0) is 37.5 Å². The molecule has 0 saturated heterocycles. The number of nitrogens with zero attached hydrogens (tertiary/aromatic N) is 2. The van der Waals surface area contributed by atoms with Gasteiger partial charge in [0.15, 0.2) is 0 Å². The molecule has 2 rings (SSSR count). The molecule has 1 atom stereocenters. The summed E-state index contributed by atoms with van der Waals surface area (Å²) in [6.45, 7) is 4.38. The van der Waals surface area contributed by atoms with Gasteiger partial charge in [-0.1, -0.05) is 31.9 Å². The molecule has 0 bridgehead atoms. The molecule has 1 heterocycles. The second-order valence-electron chi connectivity index (χ2n) is 5.42. The molecular weight excluding hydrogens is 246 g/mol. The van der Waals surface area contributed by atoms with Crippen LogP contribution in [0.3, 0.4) is 0 Å². The zero-order chi connectivity index (χ0) is 14.4. The average molecular weight is 271 g/mol. The van der Waals surface area contributed by atoms with Crippen LogP contribution in [0.4, 0.5) is 5.69 Å². The zero-order valence-corrected chi connectivity index (χ0v) is 12.8. The predicted molar refractivity (Wildman–Crippen MR) is 84.9 cm³/mol. The number of imidazole rings is 1. The van der Waals surface area contributed by atoms with Crippen LogP contribution >= 0.6 is 0 Å². The molecule has 0 radical (unpaired) electrons. The largest absolute Gasteiger partial charge is 0.375 e. The van der Waals surface area contributed by atoms with E-state index in [0.29, 0.717) is 0 Å². The van der Waals surface area contributed by atoms with Crippen LogP contribution in [0.5, 0.6) is 0 Å². The number of hydrogen-bond acceptors (Lipinski definition) is 2. The third-order valence-corrected chi connectivity index (χ3v) is 3.65. The van der Waals surface area contributed by atoms with Crippen molar-refractivity contribution in [3.63, 3.8) is 0 Å². The van der Waals surface area contributed by atoms with Gasteiger partial charge in [0, 0.05) is 25.1 Å². The highest BCUT2D eigenvalue weighted by atomic mass is 15.1. The van der Waals surface area contributed by atoms with Gasteiger partial charge in [0.1, 0.15) is 5.82 Å². The van der Waals surface area contributed by atoms with E-state index in [9.17, 15) is 0 Å². The van der Waals surface area contributed by atoms with Gasteiger partial charge in [0.25, 0.3) is 0 Å². The van der Waals surface area contributed by atoms with E-state index in [0.717, 1.165) is 11.5 Å². The summed E-state index contributed by atoms with van der Waals surface area (Å²) in [5.74, 6) is 1.05. The van der Waals surface area contributed by atoms with Gasteiger partial charge in [-0.25, -0.2) is 4.98 Å². The molecule has 1 unspecified atom stereocenters. The lowest BCUT2D eigenvalue weighted by atomic mass is 10.1. The van der Waals surface area contributed by atoms with Crippen LogP contribution in [0, 0.1) is 0 Å². The Hall–Kier alpha value is -1.77. The molecule has 0 spiro atoms. The van der Waals surface area contributed by atoms with E-state index >= 15 is 0 Å². The molecule has 1 N–H and O–H groups in total. The standard InChI is InChI=1S/C17H25N3/c1-4-5-6-7-15-8-10-16(11-9-15)19-14(2)17-18-12-13-20(17)3/h8-14,19H,4-7H2,1-3H3. The summed E-state index contributed by atoms with van der Waals surface area (Å²) in [7, 11) is 2.03. The van der Waals surface area contributed by atoms with Crippen LogP contribution in [0.15, 0.2) is 36.7 Å². The van der Waals surface area contributed by atoms with E-state index in [1.165, 1.54) is 31.2 Å². The molecule has 0 fully saturated rings. The van der Waals surface area contributed by atoms with E-state index in [-0.39, 0.29) is 6.04 Å². The summed E-state index contributed by atoms with van der Waals surface area (Å²) in [6.07, 6.45) is 8.88. The lowest BCUT2D eigenvalue weighted by Crippen LogP contribution is -2.11. The van der Waals surface area contributed by atoms with Crippen molar-refractivity contribution in [2.45, 2.75) is 45.6 Å². The number of hydrogen-bond donors (Lipinski definition) is 1. The molecular formula is C17H25N3. The summed E-state index contributed by atoms with van der Waals surface area (Å²) in [5.41, 5.74) is 2.58. The molecule has 1 aromatic carbocycles. The predicted octanol–water partition coefficient (Wildman–Crippen LogP) is 4.33. The van der Waals surface area contributed by atoms with Crippen molar-refractivity contribution in [1.29, 1.82) is 0 Å². The van der Waals surface area contributed by atoms with Crippen molar-refractivity contribution in [3.05, 3.63) is 48.0 Å². The molecule has 0 amide bonds. The first-order valence-corrected chi connectivity index (χ1v) is 7.53. The van der Waals surface area contributed by atoms with E-state index in [2.05, 4.69) is 53.0 Å². The number of unbranched alkanes of at least 4 members (excludes halogenated alkanes) is 2. The third-order valence-electron chi connectivity index (χ3n) is 3.65. The van der Waals surface area contributed by atoms with Gasteiger partial charge in [0.05, 0.1) is 6.04 Å². The maximum atomic E-state index is 4.38. The fourth-order valence-electron chi connectivity index (χ4n) is 2.46. The fraction of sp³-hybridized carbons (Fsp3) is 0.471. The summed E-state index contributed by atoms with van der Waals surface area (Å²) in [4.78, 5) is 4.38. The molecule has 0 aliphatic carbocycles. The second-order valence-corrected chi connectivity index (χ2v) is 5.42. The molecule has 0 saturated carbocycles. The molecule has 108 valence electrons. The van der Waals surface area contributed by atoms with E-state index in [1.807, 2.05) is 19.4 Å². The van der Waals surface area contributed by atoms with Gasteiger partial charge < -0.3 is 9.88 Å². The van der Waals surface area contributed by atoms with Gasteiger partial charge in [-0.2, -0.15) is 0 Å². The number of benzene rings is 1. The Labute approximate surface area is 122 Å². The quantitative estimate of drug-likeness (QED) is 0.760. The van der Waals surface area contributed by atoms with Gasteiger partial charge in [-0.3, -0.25) is 0 Å². The number of aryl methyl sites for hydroxylation is 2. The van der Waals surface area contributed by atoms with Crippen LogP contribution in [0.25, 0.3) is 0 Å². The third kappa shape index (κ3) is 3.86. The highest BCUT2D eigenvalue weighted by Crippen LogP contribution is 2.18. The topological polar surface area (TPSA) is 29.9 Å². The number of rotatable bonds is 7. The molecule has 0 aliphatic rings. The second kappa shape index (κ2) is 7.13. The van der Waals surface area contributed by atoms with Crippen LogP contribution in [-0.4, -0.2) is 9.55 Å². The summed E-state index contributed by atoms with van der Waals surface area (Å²) < 4.78 is 2.05. The Morgan fingerprint density at radius 2 is 1.95 bits per heavy atom. The summed E-state index contributed by atoms with van der Waals surface area (Å²) in [5, 5.41) is 3.50. The van der Waals surface area contributed by atoms with E-state index in [1.54, 1.807) is 0 Å². The molecule has 20 heavy (non-hydrogen) atoms. The molecule has 1 aromatic heterocycles. The van der Waals surface area contributed by atoms with Gasteiger partial charge >= 0.3 is 0 Å². The SMILES string of the molecule is CCCCCc1ccc(NC(C)c2nccn2C)cc1. The Balaban J connectivity index is 1.92. The Bertz CT molecular complexity index is 513. The molecule has 3 heteroatoms. The minimum absolute atomic E-state index is 0.209. The smallest absolute Gasteiger partial charge is 0.130 e. The first kappa shape index (κ1) is 14.6. The molecule has 0 aliphatic heterocycles. The number of aromatic nitrogens is 2. The van der Waals surface area contributed by atoms with Crippen molar-refractivity contribution in [2.24, 2.45) is 7.05 Å². The molecule has 2 aromatic rings. The first-order chi connectivity index (χ1) is 9.70. The maximum Gasteiger partial charge on any atom is 0.130 e. The Morgan fingerprint density at radius 1 is 1.20 bits per heavy atom. The Kier molecular flexibility index (Phi) is 5.22.